The molecule has 0 spiro atoms. The number of hydrogen-bond acceptors (Lipinski definition) is 3. The Morgan fingerprint density at radius 1 is 1.44 bits per heavy atom. The third-order valence-corrected chi connectivity index (χ3v) is 2.79. The van der Waals surface area contributed by atoms with E-state index in [1.165, 1.54) is 4.90 Å². The lowest BCUT2D eigenvalue weighted by molar-refractivity contribution is -0.131. The maximum absolute atomic E-state index is 11.7. The molecule has 0 aliphatic heterocycles. The van der Waals surface area contributed by atoms with Crippen molar-refractivity contribution in [2.75, 3.05) is 14.1 Å². The van der Waals surface area contributed by atoms with E-state index in [-0.39, 0.29) is 12.5 Å². The number of nitrogens with zero attached hydrogens (tertiary/aromatic N) is 2. The van der Waals surface area contributed by atoms with Crippen molar-refractivity contribution in [1.82, 2.24) is 4.90 Å². The first kappa shape index (κ1) is 14.2. The Balaban J connectivity index is 2.63. The molecule has 0 saturated carbocycles. The average molecular weight is 246 g/mol. The summed E-state index contributed by atoms with van der Waals surface area (Å²) in [5.41, 5.74) is 1.88. The molecule has 4 heteroatoms. The van der Waals surface area contributed by atoms with E-state index in [1.54, 1.807) is 14.1 Å². The molecule has 96 valence electrons. The number of carbonyl (C=O) groups excluding carboxylic acids is 1. The number of aliphatic hydroxyl groups excluding tert-OH is 1. The van der Waals surface area contributed by atoms with Gasteiger partial charge >= 0.3 is 0 Å². The number of rotatable bonds is 5. The highest BCUT2D eigenvalue weighted by atomic mass is 16.3. The molecule has 1 N–H and O–H groups in total. The number of aliphatic hydroxyl groups is 1. The van der Waals surface area contributed by atoms with Crippen LogP contribution in [0.3, 0.4) is 0 Å². The van der Waals surface area contributed by atoms with Crippen molar-refractivity contribution >= 4 is 5.91 Å². The Hall–Kier alpha value is -1.86. The third kappa shape index (κ3) is 3.86. The van der Waals surface area contributed by atoms with Crippen molar-refractivity contribution < 1.29 is 9.90 Å². The van der Waals surface area contributed by atoms with Gasteiger partial charge in [-0.05, 0) is 24.0 Å². The molecule has 0 saturated heterocycles. The summed E-state index contributed by atoms with van der Waals surface area (Å²) in [7, 11) is 3.30. The summed E-state index contributed by atoms with van der Waals surface area (Å²) in [4.78, 5) is 13.1. The minimum atomic E-state index is -0.599. The standard InChI is InChI=1S/C14H18N2O2/c1-16(2)14(18)13(9-15)7-6-11-4-3-5-12(8-11)10-17/h3-5,8,13,17H,6-7,10H2,1-2H3. The predicted octanol–water partition coefficient (Wildman–Crippen LogP) is 1.34. The summed E-state index contributed by atoms with van der Waals surface area (Å²) < 4.78 is 0. The minimum Gasteiger partial charge on any atom is -0.392 e. The maximum Gasteiger partial charge on any atom is 0.239 e. The zero-order valence-electron chi connectivity index (χ0n) is 10.8. The molecular weight excluding hydrogens is 228 g/mol. The van der Waals surface area contributed by atoms with Crippen molar-refractivity contribution in [3.05, 3.63) is 35.4 Å². The van der Waals surface area contributed by atoms with E-state index in [0.717, 1.165) is 11.1 Å². The quantitative estimate of drug-likeness (QED) is 0.852. The van der Waals surface area contributed by atoms with Crippen molar-refractivity contribution in [1.29, 1.82) is 5.26 Å². The lowest BCUT2D eigenvalue weighted by atomic mass is 9.98. The zero-order chi connectivity index (χ0) is 13.5. The summed E-state index contributed by atoms with van der Waals surface area (Å²) >= 11 is 0. The van der Waals surface area contributed by atoms with Gasteiger partial charge in [0, 0.05) is 14.1 Å². The topological polar surface area (TPSA) is 64.3 Å². The fraction of sp³-hybridized carbons (Fsp3) is 0.429. The van der Waals surface area contributed by atoms with Crippen LogP contribution in [0.25, 0.3) is 0 Å². The first-order valence-electron chi connectivity index (χ1n) is 5.88. The maximum atomic E-state index is 11.7. The second kappa shape index (κ2) is 6.77. The number of hydrogen-bond donors (Lipinski definition) is 1. The predicted molar refractivity (Wildman–Crippen MR) is 68.5 cm³/mol. The van der Waals surface area contributed by atoms with Crippen molar-refractivity contribution in [3.63, 3.8) is 0 Å². The Labute approximate surface area is 107 Å². The molecule has 4 nitrogen and oxygen atoms in total. The van der Waals surface area contributed by atoms with Gasteiger partial charge in [-0.15, -0.1) is 0 Å². The molecule has 0 aliphatic rings. The average Bonchev–Trinajstić information content (AvgIpc) is 2.39. The van der Waals surface area contributed by atoms with Crippen molar-refractivity contribution in [3.8, 4) is 6.07 Å². The summed E-state index contributed by atoms with van der Waals surface area (Å²) in [6, 6.07) is 9.59. The molecule has 1 aromatic rings. The van der Waals surface area contributed by atoms with Crippen LogP contribution in [-0.4, -0.2) is 30.0 Å². The molecule has 0 heterocycles. The number of nitriles is 1. The van der Waals surface area contributed by atoms with Crippen molar-refractivity contribution in [2.24, 2.45) is 5.92 Å². The summed E-state index contributed by atoms with van der Waals surface area (Å²) in [5, 5.41) is 18.0. The fourth-order valence-electron chi connectivity index (χ4n) is 1.75. The van der Waals surface area contributed by atoms with Crippen LogP contribution in [0.1, 0.15) is 17.5 Å². The second-order valence-electron chi connectivity index (χ2n) is 4.43. The molecule has 0 radical (unpaired) electrons. The number of amides is 1. The normalized spacial score (nSPS) is 11.7. The van der Waals surface area contributed by atoms with E-state index in [9.17, 15) is 4.79 Å². The van der Waals surface area contributed by atoms with Gasteiger partial charge in [0.1, 0.15) is 5.92 Å². The van der Waals surface area contributed by atoms with Gasteiger partial charge < -0.3 is 10.0 Å². The molecule has 0 aliphatic carbocycles. The molecule has 0 bridgehead atoms. The molecule has 0 aromatic heterocycles. The first-order chi connectivity index (χ1) is 8.58. The van der Waals surface area contributed by atoms with E-state index in [1.807, 2.05) is 30.3 Å². The smallest absolute Gasteiger partial charge is 0.239 e. The van der Waals surface area contributed by atoms with E-state index < -0.39 is 5.92 Å². The van der Waals surface area contributed by atoms with Gasteiger partial charge in [-0.1, -0.05) is 24.3 Å². The monoisotopic (exact) mass is 246 g/mol. The molecule has 1 unspecified atom stereocenters. The summed E-state index contributed by atoms with van der Waals surface area (Å²) in [6.45, 7) is 0.00610. The molecular formula is C14H18N2O2. The van der Waals surface area contributed by atoms with Crippen LogP contribution in [0.2, 0.25) is 0 Å². The minimum absolute atomic E-state index is 0.00610. The van der Waals surface area contributed by atoms with Gasteiger partial charge in [0.15, 0.2) is 0 Å². The van der Waals surface area contributed by atoms with Crippen LogP contribution in [0.5, 0.6) is 0 Å². The molecule has 0 fully saturated rings. The van der Waals surface area contributed by atoms with E-state index >= 15 is 0 Å². The van der Waals surface area contributed by atoms with Gasteiger partial charge in [0.05, 0.1) is 12.7 Å². The van der Waals surface area contributed by atoms with Gasteiger partial charge in [-0.3, -0.25) is 4.79 Å². The Bertz CT molecular complexity index is 449. The Kier molecular flexibility index (Phi) is 5.34. The molecule has 1 aromatic carbocycles. The Morgan fingerprint density at radius 2 is 2.11 bits per heavy atom. The molecule has 18 heavy (non-hydrogen) atoms. The van der Waals surface area contributed by atoms with Gasteiger partial charge in [0.2, 0.25) is 5.91 Å². The van der Waals surface area contributed by atoms with E-state index in [4.69, 9.17) is 10.4 Å². The lowest BCUT2D eigenvalue weighted by Gasteiger charge is -2.14. The molecule has 1 rings (SSSR count). The van der Waals surface area contributed by atoms with Crippen LogP contribution in [0, 0.1) is 17.2 Å². The van der Waals surface area contributed by atoms with Crippen LogP contribution in [0.4, 0.5) is 0 Å². The second-order valence-corrected chi connectivity index (χ2v) is 4.43. The first-order valence-corrected chi connectivity index (χ1v) is 5.88. The third-order valence-electron chi connectivity index (χ3n) is 2.79. The highest BCUT2D eigenvalue weighted by Crippen LogP contribution is 2.13. The number of carbonyl (C=O) groups is 1. The molecule has 1 amide bonds. The van der Waals surface area contributed by atoms with Crippen LogP contribution in [-0.2, 0) is 17.8 Å². The lowest BCUT2D eigenvalue weighted by Crippen LogP contribution is -2.29. The molecule has 1 atom stereocenters. The Morgan fingerprint density at radius 3 is 2.67 bits per heavy atom. The highest BCUT2D eigenvalue weighted by molar-refractivity contribution is 5.80. The van der Waals surface area contributed by atoms with Crippen LogP contribution >= 0.6 is 0 Å². The SMILES string of the molecule is CN(C)C(=O)C(C#N)CCc1cccc(CO)c1. The summed E-state index contributed by atoms with van der Waals surface area (Å²) in [6.07, 6.45) is 1.16. The highest BCUT2D eigenvalue weighted by Gasteiger charge is 2.19. The van der Waals surface area contributed by atoms with Crippen LogP contribution < -0.4 is 0 Å². The van der Waals surface area contributed by atoms with Gasteiger partial charge in [0.25, 0.3) is 0 Å². The van der Waals surface area contributed by atoms with Gasteiger partial charge in [-0.25, -0.2) is 0 Å². The fourth-order valence-corrected chi connectivity index (χ4v) is 1.75. The van der Waals surface area contributed by atoms with Crippen molar-refractivity contribution in [2.45, 2.75) is 19.4 Å². The van der Waals surface area contributed by atoms with E-state index in [2.05, 4.69) is 0 Å². The zero-order valence-corrected chi connectivity index (χ0v) is 10.8. The number of aryl methyl sites for hydroxylation is 1. The van der Waals surface area contributed by atoms with E-state index in [0.29, 0.717) is 12.8 Å². The van der Waals surface area contributed by atoms with Crippen LogP contribution in [0.15, 0.2) is 24.3 Å². The summed E-state index contributed by atoms with van der Waals surface area (Å²) in [5.74, 6) is -0.756. The number of benzene rings is 1. The van der Waals surface area contributed by atoms with Gasteiger partial charge in [-0.2, -0.15) is 5.26 Å². The largest absolute Gasteiger partial charge is 0.392 e.